The van der Waals surface area contributed by atoms with Gasteiger partial charge in [0, 0.05) is 13.1 Å². The number of carbonyl (C=O) groups excluding carboxylic acids is 2. The Bertz CT molecular complexity index is 693. The van der Waals surface area contributed by atoms with Gasteiger partial charge in [-0.05, 0) is 55.8 Å². The molecule has 0 bridgehead atoms. The second-order valence-electron chi connectivity index (χ2n) is 8.91. The molecule has 29 heavy (non-hydrogen) atoms. The fourth-order valence-corrected chi connectivity index (χ4v) is 3.88. The van der Waals surface area contributed by atoms with Crippen molar-refractivity contribution >= 4 is 17.5 Å². The Labute approximate surface area is 175 Å². The zero-order valence-electron chi connectivity index (χ0n) is 18.8. The summed E-state index contributed by atoms with van der Waals surface area (Å²) in [5, 5.41) is 3.01. The molecular weight excluding hydrogens is 366 g/mol. The lowest BCUT2D eigenvalue weighted by Crippen LogP contribution is -2.47. The van der Waals surface area contributed by atoms with E-state index >= 15 is 0 Å². The normalized spacial score (nSPS) is 17.0. The van der Waals surface area contributed by atoms with E-state index in [-0.39, 0.29) is 17.9 Å². The zero-order valence-corrected chi connectivity index (χ0v) is 18.8. The van der Waals surface area contributed by atoms with Gasteiger partial charge in [0.2, 0.25) is 11.8 Å². The lowest BCUT2D eigenvalue weighted by atomic mass is 10.1. The molecule has 1 N–H and O–H groups in total. The van der Waals surface area contributed by atoms with Crippen molar-refractivity contribution in [3.63, 3.8) is 0 Å². The van der Waals surface area contributed by atoms with Gasteiger partial charge in [0.15, 0.2) is 0 Å². The molecule has 1 aliphatic heterocycles. The number of nitrogens with zero attached hydrogens (tertiary/aromatic N) is 2. The van der Waals surface area contributed by atoms with Crippen LogP contribution < -0.4 is 10.1 Å². The highest BCUT2D eigenvalue weighted by Crippen LogP contribution is 2.27. The number of carbonyl (C=O) groups is 2. The number of ether oxygens (including phenoxy) is 1. The first-order chi connectivity index (χ1) is 13.7. The second-order valence-corrected chi connectivity index (χ2v) is 8.91. The number of methoxy groups -OCH3 is 1. The third-order valence-corrected chi connectivity index (χ3v) is 5.14. The Morgan fingerprint density at radius 1 is 1.21 bits per heavy atom. The van der Waals surface area contributed by atoms with Gasteiger partial charge < -0.3 is 15.0 Å². The number of anilines is 1. The molecule has 0 spiro atoms. The maximum Gasteiger partial charge on any atom is 0.241 e. The van der Waals surface area contributed by atoms with Gasteiger partial charge in [-0.25, -0.2) is 0 Å². The monoisotopic (exact) mass is 403 g/mol. The molecule has 0 saturated carbocycles. The molecule has 0 aliphatic carbocycles. The van der Waals surface area contributed by atoms with Gasteiger partial charge in [-0.15, -0.1) is 0 Å². The summed E-state index contributed by atoms with van der Waals surface area (Å²) in [6.45, 7) is 13.1. The number of benzene rings is 1. The molecule has 1 unspecified atom stereocenters. The molecule has 0 aromatic heterocycles. The van der Waals surface area contributed by atoms with E-state index in [0.29, 0.717) is 29.8 Å². The van der Waals surface area contributed by atoms with Crippen LogP contribution in [-0.2, 0) is 9.59 Å². The van der Waals surface area contributed by atoms with Crippen LogP contribution in [0.2, 0.25) is 0 Å². The van der Waals surface area contributed by atoms with E-state index in [2.05, 4.69) is 33.0 Å². The van der Waals surface area contributed by atoms with Crippen molar-refractivity contribution in [2.45, 2.75) is 53.5 Å². The van der Waals surface area contributed by atoms with Crippen LogP contribution in [0.3, 0.4) is 0 Å². The molecule has 162 valence electrons. The van der Waals surface area contributed by atoms with E-state index in [9.17, 15) is 9.59 Å². The van der Waals surface area contributed by atoms with Crippen molar-refractivity contribution in [3.8, 4) is 5.75 Å². The van der Waals surface area contributed by atoms with Crippen molar-refractivity contribution in [1.82, 2.24) is 9.80 Å². The largest absolute Gasteiger partial charge is 0.495 e. The second kappa shape index (κ2) is 10.6. The lowest BCUT2D eigenvalue weighted by Gasteiger charge is -2.30. The molecule has 2 rings (SSSR count). The molecular formula is C23H37N3O3. The lowest BCUT2D eigenvalue weighted by molar-refractivity contribution is -0.134. The number of hydrogen-bond donors (Lipinski definition) is 1. The van der Waals surface area contributed by atoms with Crippen LogP contribution in [0.1, 0.15) is 46.1 Å². The minimum Gasteiger partial charge on any atom is -0.495 e. The first kappa shape index (κ1) is 23.2. The first-order valence-electron chi connectivity index (χ1n) is 10.7. The van der Waals surface area contributed by atoms with E-state index in [1.807, 2.05) is 34.9 Å². The molecule has 1 heterocycles. The number of nitrogens with one attached hydrogen (secondary N) is 1. The zero-order chi connectivity index (χ0) is 21.6. The highest BCUT2D eigenvalue weighted by molar-refractivity contribution is 5.96. The predicted octanol–water partition coefficient (Wildman–Crippen LogP) is 3.55. The smallest absolute Gasteiger partial charge is 0.241 e. The summed E-state index contributed by atoms with van der Waals surface area (Å²) in [6.07, 6.45) is 1.69. The van der Waals surface area contributed by atoms with Crippen LogP contribution in [0.5, 0.6) is 5.75 Å². The molecule has 1 fully saturated rings. The minimum atomic E-state index is -0.288. The summed E-state index contributed by atoms with van der Waals surface area (Å²) in [5.74, 6) is 1.52. The van der Waals surface area contributed by atoms with Crippen molar-refractivity contribution in [3.05, 3.63) is 23.8 Å². The average molecular weight is 404 g/mol. The summed E-state index contributed by atoms with van der Waals surface area (Å²) in [6, 6.07) is 5.43. The van der Waals surface area contributed by atoms with E-state index < -0.39 is 0 Å². The maximum absolute atomic E-state index is 13.0. The third-order valence-electron chi connectivity index (χ3n) is 5.14. The van der Waals surface area contributed by atoms with Crippen LogP contribution in [0.4, 0.5) is 5.69 Å². The molecule has 1 aromatic rings. The number of likely N-dealkylation sites (tertiary alicyclic amines) is 1. The fraction of sp³-hybridized carbons (Fsp3) is 0.652. The Balaban J connectivity index is 2.05. The predicted molar refractivity (Wildman–Crippen MR) is 117 cm³/mol. The molecule has 2 amide bonds. The third kappa shape index (κ3) is 6.74. The minimum absolute atomic E-state index is 0.0709. The summed E-state index contributed by atoms with van der Waals surface area (Å²) in [5.41, 5.74) is 1.73. The summed E-state index contributed by atoms with van der Waals surface area (Å²) in [7, 11) is 1.60. The number of amides is 2. The van der Waals surface area contributed by atoms with Gasteiger partial charge in [-0.2, -0.15) is 0 Å². The molecule has 6 nitrogen and oxygen atoms in total. The molecule has 1 aliphatic rings. The van der Waals surface area contributed by atoms with Crippen molar-refractivity contribution in [1.29, 1.82) is 0 Å². The Hall–Kier alpha value is -2.08. The van der Waals surface area contributed by atoms with Gasteiger partial charge in [0.1, 0.15) is 5.75 Å². The van der Waals surface area contributed by atoms with Crippen LogP contribution in [-0.4, -0.2) is 60.9 Å². The van der Waals surface area contributed by atoms with Crippen LogP contribution in [0, 0.1) is 18.8 Å². The van der Waals surface area contributed by atoms with Crippen molar-refractivity contribution < 1.29 is 14.3 Å². The Morgan fingerprint density at radius 3 is 2.45 bits per heavy atom. The molecule has 0 radical (unpaired) electrons. The molecule has 1 aromatic carbocycles. The van der Waals surface area contributed by atoms with Crippen LogP contribution >= 0.6 is 0 Å². The quantitative estimate of drug-likeness (QED) is 0.685. The van der Waals surface area contributed by atoms with Gasteiger partial charge in [-0.1, -0.05) is 33.8 Å². The van der Waals surface area contributed by atoms with Crippen LogP contribution in [0.25, 0.3) is 0 Å². The first-order valence-corrected chi connectivity index (χ1v) is 10.7. The van der Waals surface area contributed by atoms with Gasteiger partial charge in [0.25, 0.3) is 0 Å². The van der Waals surface area contributed by atoms with E-state index in [4.69, 9.17) is 4.74 Å². The molecule has 1 atom stereocenters. The topological polar surface area (TPSA) is 61.9 Å². The maximum atomic E-state index is 13.0. The highest BCUT2D eigenvalue weighted by Gasteiger charge is 2.33. The Kier molecular flexibility index (Phi) is 8.50. The summed E-state index contributed by atoms with van der Waals surface area (Å²) < 4.78 is 5.37. The van der Waals surface area contributed by atoms with Gasteiger partial charge in [0.05, 0.1) is 25.4 Å². The SMILES string of the molecule is COc1ccc(C)cc1NC(=O)C1CCCN1CC(=O)N(CC(C)C)CC(C)C. The molecule has 6 heteroatoms. The highest BCUT2D eigenvalue weighted by atomic mass is 16.5. The molecule has 1 saturated heterocycles. The van der Waals surface area contributed by atoms with Gasteiger partial charge >= 0.3 is 0 Å². The van der Waals surface area contributed by atoms with E-state index in [1.54, 1.807) is 7.11 Å². The fourth-order valence-electron chi connectivity index (χ4n) is 3.88. The van der Waals surface area contributed by atoms with Crippen LogP contribution in [0.15, 0.2) is 18.2 Å². The van der Waals surface area contributed by atoms with Crippen molar-refractivity contribution in [2.24, 2.45) is 11.8 Å². The van der Waals surface area contributed by atoms with Crippen molar-refractivity contribution in [2.75, 3.05) is 38.6 Å². The van der Waals surface area contributed by atoms with Gasteiger partial charge in [-0.3, -0.25) is 14.5 Å². The standard InChI is InChI=1S/C23H37N3O3/c1-16(2)13-26(14-17(3)4)22(27)15-25-11-7-8-20(25)23(28)24-19-12-18(5)9-10-21(19)29-6/h9-10,12,16-17,20H,7-8,11,13-15H2,1-6H3,(H,24,28). The Morgan fingerprint density at radius 2 is 1.86 bits per heavy atom. The average Bonchev–Trinajstić information content (AvgIpc) is 3.08. The number of rotatable bonds is 9. The summed E-state index contributed by atoms with van der Waals surface area (Å²) >= 11 is 0. The van der Waals surface area contributed by atoms with E-state index in [0.717, 1.165) is 38.0 Å². The van der Waals surface area contributed by atoms with E-state index in [1.165, 1.54) is 0 Å². The number of hydrogen-bond acceptors (Lipinski definition) is 4. The summed E-state index contributed by atoms with van der Waals surface area (Å²) in [4.78, 5) is 29.9. The number of aryl methyl sites for hydroxylation is 1.